The molecule has 0 heterocycles. The average Bonchev–Trinajstić information content (AvgIpc) is 2.17. The van der Waals surface area contributed by atoms with Crippen LogP contribution < -0.4 is 0 Å². The van der Waals surface area contributed by atoms with Crippen LogP contribution in [0.5, 0.6) is 0 Å². The van der Waals surface area contributed by atoms with Crippen LogP contribution in [-0.4, -0.2) is 46.7 Å². The molecule has 0 radical (unpaired) electrons. The molecule has 0 saturated carbocycles. The van der Waals surface area contributed by atoms with E-state index in [0.29, 0.717) is 12.8 Å². The lowest BCUT2D eigenvalue weighted by Gasteiger charge is -2.44. The highest BCUT2D eigenvalue weighted by Gasteiger charge is 2.23. The molecule has 0 amide bonds. The zero-order valence-electron chi connectivity index (χ0n) is 11.1. The van der Waals surface area contributed by atoms with Crippen LogP contribution in [0.15, 0.2) is 12.7 Å². The van der Waals surface area contributed by atoms with Gasteiger partial charge in [-0.25, -0.2) is 0 Å². The second kappa shape index (κ2) is 8.64. The summed E-state index contributed by atoms with van der Waals surface area (Å²) in [6.07, 6.45) is 3.34. The van der Waals surface area contributed by atoms with E-state index in [2.05, 4.69) is 6.58 Å². The van der Waals surface area contributed by atoms with E-state index in [0.717, 1.165) is 12.8 Å². The van der Waals surface area contributed by atoms with Gasteiger partial charge >= 0.3 is 0 Å². The van der Waals surface area contributed by atoms with Crippen molar-refractivity contribution in [1.82, 2.24) is 0 Å². The summed E-state index contributed by atoms with van der Waals surface area (Å²) in [6, 6.07) is 0. The Hall–Kier alpha value is -0.420. The van der Waals surface area contributed by atoms with Crippen LogP contribution in [-0.2, 0) is 0 Å². The first-order chi connectivity index (χ1) is 7.97. The highest BCUT2D eigenvalue weighted by atomic mass is 16.5. The first-order valence-electron chi connectivity index (χ1n) is 6.51. The summed E-state index contributed by atoms with van der Waals surface area (Å²) < 4.78 is -0.578. The Labute approximate surface area is 105 Å². The molecule has 0 aromatic heterocycles. The second-order valence-electron chi connectivity index (χ2n) is 4.78. The van der Waals surface area contributed by atoms with Gasteiger partial charge in [0.05, 0.1) is 6.54 Å². The molecule has 0 aromatic carbocycles. The van der Waals surface area contributed by atoms with E-state index >= 15 is 0 Å². The fourth-order valence-corrected chi connectivity index (χ4v) is 2.08. The fraction of sp³-hybridized carbons (Fsp3) is 0.846. The Balaban J connectivity index is 4.37. The minimum absolute atomic E-state index is 0.140. The summed E-state index contributed by atoms with van der Waals surface area (Å²) in [5.74, 6) is 0. The predicted octanol–water partition coefficient (Wildman–Crippen LogP) is 1.81. The monoisotopic (exact) mass is 245 g/mol. The van der Waals surface area contributed by atoms with Gasteiger partial charge in [-0.1, -0.05) is 33.3 Å². The molecular weight excluding hydrogens is 218 g/mol. The number of rotatable bonds is 10. The molecule has 4 heteroatoms. The molecule has 2 atom stereocenters. The number of hydrogen-bond acceptors (Lipinski definition) is 3. The van der Waals surface area contributed by atoms with Crippen molar-refractivity contribution in [2.45, 2.75) is 51.7 Å². The number of aliphatic hydroxyl groups excluding tert-OH is 2. The first kappa shape index (κ1) is 16.6. The molecule has 0 aliphatic rings. The minimum atomic E-state index is -0.591. The van der Waals surface area contributed by atoms with Gasteiger partial charge in [-0.15, -0.1) is 0 Å². The average molecular weight is 245 g/mol. The Bertz CT molecular complexity index is 195. The summed E-state index contributed by atoms with van der Waals surface area (Å²) in [6.45, 7) is 8.04. The molecule has 4 nitrogen and oxygen atoms in total. The molecule has 0 aromatic rings. The summed E-state index contributed by atoms with van der Waals surface area (Å²) >= 11 is 0. The summed E-state index contributed by atoms with van der Waals surface area (Å²) in [4.78, 5) is 0. The van der Waals surface area contributed by atoms with Crippen molar-refractivity contribution in [3.63, 3.8) is 0 Å². The van der Waals surface area contributed by atoms with E-state index in [9.17, 15) is 15.4 Å². The van der Waals surface area contributed by atoms with Gasteiger partial charge in [0.1, 0.15) is 25.3 Å². The highest BCUT2D eigenvalue weighted by Crippen LogP contribution is 2.13. The normalized spacial score (nSPS) is 18.4. The standard InChI is InChI=1S/C13H27NO3/c1-4-7-12(15)10-14(17,9-6-3)11-13(16)8-5-2/h6,12-13,15-16H,3-5,7-11H2,1-2H3. The molecule has 0 saturated heterocycles. The third-order valence-electron chi connectivity index (χ3n) is 2.79. The van der Waals surface area contributed by atoms with Crippen molar-refractivity contribution in [3.8, 4) is 0 Å². The van der Waals surface area contributed by atoms with Gasteiger partial charge in [-0.3, -0.25) is 0 Å². The van der Waals surface area contributed by atoms with E-state index < -0.39 is 16.9 Å². The van der Waals surface area contributed by atoms with E-state index in [1.54, 1.807) is 6.08 Å². The number of hydrogen-bond donors (Lipinski definition) is 2. The largest absolute Gasteiger partial charge is 0.632 e. The minimum Gasteiger partial charge on any atom is -0.632 e. The second-order valence-corrected chi connectivity index (χ2v) is 4.78. The molecular formula is C13H27NO3. The lowest BCUT2D eigenvalue weighted by Crippen LogP contribution is -2.51. The summed E-state index contributed by atoms with van der Waals surface area (Å²) in [5, 5.41) is 31.9. The van der Waals surface area contributed by atoms with Crippen LogP contribution in [0.25, 0.3) is 0 Å². The Morgan fingerprint density at radius 2 is 1.53 bits per heavy atom. The third kappa shape index (κ3) is 7.49. The van der Waals surface area contributed by atoms with Gasteiger partial charge in [0.25, 0.3) is 0 Å². The molecule has 0 fully saturated rings. The quantitative estimate of drug-likeness (QED) is 0.350. The van der Waals surface area contributed by atoms with Crippen molar-refractivity contribution in [2.75, 3.05) is 19.6 Å². The maximum atomic E-state index is 12.4. The van der Waals surface area contributed by atoms with Crippen LogP contribution in [0.2, 0.25) is 0 Å². The van der Waals surface area contributed by atoms with Crippen molar-refractivity contribution in [3.05, 3.63) is 17.9 Å². The Morgan fingerprint density at radius 3 is 1.82 bits per heavy atom. The van der Waals surface area contributed by atoms with E-state index in [1.165, 1.54) is 0 Å². The zero-order chi connectivity index (χ0) is 13.3. The number of aliphatic hydroxyl groups is 2. The lowest BCUT2D eigenvalue weighted by molar-refractivity contribution is -0.881. The maximum Gasteiger partial charge on any atom is 0.105 e. The van der Waals surface area contributed by atoms with Crippen LogP contribution in [0.4, 0.5) is 0 Å². The van der Waals surface area contributed by atoms with Gasteiger partial charge in [0.2, 0.25) is 0 Å². The van der Waals surface area contributed by atoms with Gasteiger partial charge in [0.15, 0.2) is 0 Å². The molecule has 17 heavy (non-hydrogen) atoms. The van der Waals surface area contributed by atoms with Gasteiger partial charge in [0, 0.05) is 0 Å². The van der Waals surface area contributed by atoms with Crippen LogP contribution in [0.1, 0.15) is 39.5 Å². The molecule has 2 unspecified atom stereocenters. The smallest absolute Gasteiger partial charge is 0.105 e. The van der Waals surface area contributed by atoms with Crippen LogP contribution in [0, 0.1) is 5.21 Å². The zero-order valence-corrected chi connectivity index (χ0v) is 11.1. The molecule has 0 spiro atoms. The molecule has 102 valence electrons. The molecule has 2 N–H and O–H groups in total. The molecule has 0 rings (SSSR count). The van der Waals surface area contributed by atoms with Crippen LogP contribution in [0.3, 0.4) is 0 Å². The maximum absolute atomic E-state index is 12.4. The SMILES string of the molecule is C=CC[N+]([O-])(CC(O)CCC)CC(O)CCC. The van der Waals surface area contributed by atoms with Crippen LogP contribution >= 0.6 is 0 Å². The highest BCUT2D eigenvalue weighted by molar-refractivity contribution is 4.70. The number of nitrogens with zero attached hydrogens (tertiary/aromatic N) is 1. The van der Waals surface area contributed by atoms with E-state index in [-0.39, 0.29) is 19.6 Å². The van der Waals surface area contributed by atoms with Crippen molar-refractivity contribution < 1.29 is 14.9 Å². The fourth-order valence-electron chi connectivity index (χ4n) is 2.08. The van der Waals surface area contributed by atoms with Crippen molar-refractivity contribution in [2.24, 2.45) is 0 Å². The number of hydroxylamine groups is 3. The van der Waals surface area contributed by atoms with Gasteiger partial charge in [-0.2, -0.15) is 0 Å². The molecule has 0 bridgehead atoms. The van der Waals surface area contributed by atoms with Gasteiger partial charge in [-0.05, 0) is 18.9 Å². The first-order valence-corrected chi connectivity index (χ1v) is 6.51. The predicted molar refractivity (Wildman–Crippen MR) is 70.3 cm³/mol. The van der Waals surface area contributed by atoms with Crippen molar-refractivity contribution in [1.29, 1.82) is 0 Å². The number of quaternary nitrogens is 1. The van der Waals surface area contributed by atoms with E-state index in [4.69, 9.17) is 0 Å². The van der Waals surface area contributed by atoms with E-state index in [1.807, 2.05) is 13.8 Å². The summed E-state index contributed by atoms with van der Waals surface area (Å²) in [5.41, 5.74) is 0. The van der Waals surface area contributed by atoms with Crippen molar-refractivity contribution >= 4 is 0 Å². The lowest BCUT2D eigenvalue weighted by atomic mass is 10.1. The topological polar surface area (TPSA) is 63.5 Å². The Morgan fingerprint density at radius 1 is 1.12 bits per heavy atom. The third-order valence-corrected chi connectivity index (χ3v) is 2.79. The van der Waals surface area contributed by atoms with Gasteiger partial charge < -0.3 is 20.1 Å². The molecule has 0 aliphatic carbocycles. The summed E-state index contributed by atoms with van der Waals surface area (Å²) in [7, 11) is 0. The Kier molecular flexibility index (Phi) is 8.43. The molecule has 0 aliphatic heterocycles.